The van der Waals surface area contributed by atoms with Crippen LogP contribution in [0.25, 0.3) is 0 Å². The number of methoxy groups -OCH3 is 1. The van der Waals surface area contributed by atoms with Gasteiger partial charge in [-0.15, -0.1) is 0 Å². The number of nitrogens with one attached hydrogen (secondary N) is 1. The molecule has 22 heavy (non-hydrogen) atoms. The van der Waals surface area contributed by atoms with Gasteiger partial charge in [-0.3, -0.25) is 9.59 Å². The van der Waals surface area contributed by atoms with Crippen LogP contribution in [0.4, 0.5) is 0 Å². The number of rotatable bonds is 7. The molecule has 1 atom stereocenters. The minimum Gasteiger partial charge on any atom is -0.495 e. The van der Waals surface area contributed by atoms with Gasteiger partial charge in [0.25, 0.3) is 5.91 Å². The van der Waals surface area contributed by atoms with E-state index in [9.17, 15) is 14.4 Å². The van der Waals surface area contributed by atoms with Crippen LogP contribution in [-0.2, 0) is 25.5 Å². The maximum Gasteiger partial charge on any atom is 0.326 e. The lowest BCUT2D eigenvalue weighted by atomic mass is 10.1. The van der Waals surface area contributed by atoms with E-state index in [2.05, 4.69) is 10.1 Å². The Balaban J connectivity index is 2.72. The highest BCUT2D eigenvalue weighted by Gasteiger charge is 2.21. The number of carbonyl (C=O) groups excluding carboxylic acids is 2. The molecule has 1 aromatic carbocycles. The minimum atomic E-state index is -1.21. The molecule has 0 radical (unpaired) electrons. The zero-order valence-corrected chi connectivity index (χ0v) is 12.8. The summed E-state index contributed by atoms with van der Waals surface area (Å²) in [5.41, 5.74) is 0.617. The highest BCUT2D eigenvalue weighted by Crippen LogP contribution is 2.25. The number of hydrogen-bond donors (Lipinski definition) is 2. The van der Waals surface area contributed by atoms with Crippen molar-refractivity contribution in [1.82, 2.24) is 5.32 Å². The highest BCUT2D eigenvalue weighted by molar-refractivity contribution is 6.32. The van der Waals surface area contributed by atoms with Gasteiger partial charge in [0.2, 0.25) is 0 Å². The van der Waals surface area contributed by atoms with E-state index in [0.29, 0.717) is 16.3 Å². The van der Waals surface area contributed by atoms with Gasteiger partial charge in [-0.05, 0) is 17.7 Å². The number of benzene rings is 1. The third-order valence-electron chi connectivity index (χ3n) is 2.70. The molecule has 1 aromatic rings. The monoisotopic (exact) mass is 329 g/mol. The van der Waals surface area contributed by atoms with Crippen molar-refractivity contribution in [3.63, 3.8) is 0 Å². The molecule has 1 rings (SSSR count). The lowest BCUT2D eigenvalue weighted by Gasteiger charge is -2.15. The van der Waals surface area contributed by atoms with Crippen LogP contribution >= 0.6 is 11.6 Å². The van der Waals surface area contributed by atoms with Gasteiger partial charge in [-0.25, -0.2) is 4.79 Å². The molecule has 7 nitrogen and oxygen atoms in total. The molecule has 8 heteroatoms. The van der Waals surface area contributed by atoms with E-state index in [1.807, 2.05) is 0 Å². The number of ether oxygens (including phenoxy) is 2. The molecule has 0 saturated heterocycles. The Kier molecular flexibility index (Phi) is 6.65. The number of amides is 1. The number of esters is 1. The largest absolute Gasteiger partial charge is 0.495 e. The standard InChI is InChI=1S/C14H16ClNO6/c1-8(17)22-7-13(18)16-11(14(19)20)6-9-3-4-12(21-2)10(15)5-9/h3-5,11H,6-7H2,1-2H3,(H,16,18)(H,19,20)/t11-/m0/s1. The van der Waals surface area contributed by atoms with Crippen molar-refractivity contribution in [2.75, 3.05) is 13.7 Å². The zero-order chi connectivity index (χ0) is 16.7. The summed E-state index contributed by atoms with van der Waals surface area (Å²) in [7, 11) is 1.47. The Hall–Kier alpha value is -2.28. The van der Waals surface area contributed by atoms with Gasteiger partial charge in [-0.1, -0.05) is 17.7 Å². The van der Waals surface area contributed by atoms with Crippen LogP contribution < -0.4 is 10.1 Å². The van der Waals surface area contributed by atoms with Crippen molar-refractivity contribution in [2.45, 2.75) is 19.4 Å². The van der Waals surface area contributed by atoms with Crippen LogP contribution in [0.15, 0.2) is 18.2 Å². The first-order valence-corrected chi connectivity index (χ1v) is 6.69. The molecular weight excluding hydrogens is 314 g/mol. The zero-order valence-electron chi connectivity index (χ0n) is 12.1. The fraction of sp³-hybridized carbons (Fsp3) is 0.357. The Morgan fingerprint density at radius 3 is 2.55 bits per heavy atom. The van der Waals surface area contributed by atoms with Crippen LogP contribution in [0.3, 0.4) is 0 Å². The maximum atomic E-state index is 11.5. The molecule has 120 valence electrons. The molecular formula is C14H16ClNO6. The van der Waals surface area contributed by atoms with E-state index in [-0.39, 0.29) is 6.42 Å². The van der Waals surface area contributed by atoms with E-state index in [1.54, 1.807) is 18.2 Å². The molecule has 0 aliphatic carbocycles. The Labute approximate surface area is 132 Å². The predicted molar refractivity (Wildman–Crippen MR) is 77.9 cm³/mol. The highest BCUT2D eigenvalue weighted by atomic mass is 35.5. The van der Waals surface area contributed by atoms with Crippen molar-refractivity contribution >= 4 is 29.4 Å². The maximum absolute atomic E-state index is 11.5. The second-order valence-electron chi connectivity index (χ2n) is 4.41. The normalized spacial score (nSPS) is 11.4. The number of hydrogen-bond acceptors (Lipinski definition) is 5. The van der Waals surface area contributed by atoms with Gasteiger partial charge in [-0.2, -0.15) is 0 Å². The first-order chi connectivity index (χ1) is 10.3. The average molecular weight is 330 g/mol. The first-order valence-electron chi connectivity index (χ1n) is 6.31. The van der Waals surface area contributed by atoms with E-state index in [1.165, 1.54) is 7.11 Å². The SMILES string of the molecule is COc1ccc(C[C@H](NC(=O)COC(C)=O)C(=O)O)cc1Cl. The van der Waals surface area contributed by atoms with Gasteiger partial charge in [0.05, 0.1) is 12.1 Å². The van der Waals surface area contributed by atoms with Crippen LogP contribution in [0.1, 0.15) is 12.5 Å². The summed E-state index contributed by atoms with van der Waals surface area (Å²) in [5, 5.41) is 11.8. The summed E-state index contributed by atoms with van der Waals surface area (Å²) >= 11 is 5.97. The molecule has 0 unspecified atom stereocenters. The molecule has 0 spiro atoms. The second kappa shape index (κ2) is 8.23. The lowest BCUT2D eigenvalue weighted by Crippen LogP contribution is -2.44. The topological polar surface area (TPSA) is 102 Å². The quantitative estimate of drug-likeness (QED) is 0.724. The summed E-state index contributed by atoms with van der Waals surface area (Å²) in [4.78, 5) is 33.3. The molecule has 0 heterocycles. The molecule has 1 amide bonds. The van der Waals surface area contributed by atoms with Crippen molar-refractivity contribution in [2.24, 2.45) is 0 Å². The van der Waals surface area contributed by atoms with Crippen LogP contribution in [0.5, 0.6) is 5.75 Å². The lowest BCUT2D eigenvalue weighted by molar-refractivity contribution is -0.148. The van der Waals surface area contributed by atoms with Gasteiger partial charge >= 0.3 is 11.9 Å². The molecule has 0 aliphatic rings. The van der Waals surface area contributed by atoms with Crippen LogP contribution in [0.2, 0.25) is 5.02 Å². The number of carboxylic acids is 1. The van der Waals surface area contributed by atoms with E-state index < -0.39 is 30.5 Å². The summed E-state index contributed by atoms with van der Waals surface area (Å²) in [6.45, 7) is 0.629. The van der Waals surface area contributed by atoms with Gasteiger partial charge in [0.1, 0.15) is 11.8 Å². The number of carbonyl (C=O) groups is 3. The van der Waals surface area contributed by atoms with Crippen molar-refractivity contribution in [3.8, 4) is 5.75 Å². The molecule has 0 aliphatic heterocycles. The molecule has 0 fully saturated rings. The third kappa shape index (κ3) is 5.61. The van der Waals surface area contributed by atoms with Crippen LogP contribution in [-0.4, -0.2) is 42.7 Å². The van der Waals surface area contributed by atoms with Crippen molar-refractivity contribution in [1.29, 1.82) is 0 Å². The molecule has 0 saturated carbocycles. The Bertz CT molecular complexity index is 574. The van der Waals surface area contributed by atoms with E-state index >= 15 is 0 Å². The summed E-state index contributed by atoms with van der Waals surface area (Å²) in [6, 6.07) is 3.66. The minimum absolute atomic E-state index is 0.0326. The average Bonchev–Trinajstić information content (AvgIpc) is 2.44. The summed E-state index contributed by atoms with van der Waals surface area (Å²) in [6.07, 6.45) is 0.0326. The Morgan fingerprint density at radius 2 is 2.05 bits per heavy atom. The predicted octanol–water partition coefficient (Wildman–Crippen LogP) is 1.02. The number of carboxylic acid groups (broad SMARTS) is 1. The van der Waals surface area contributed by atoms with E-state index in [4.69, 9.17) is 21.4 Å². The van der Waals surface area contributed by atoms with Gasteiger partial charge in [0, 0.05) is 13.3 Å². The van der Waals surface area contributed by atoms with E-state index in [0.717, 1.165) is 6.92 Å². The molecule has 0 bridgehead atoms. The van der Waals surface area contributed by atoms with Gasteiger partial charge in [0.15, 0.2) is 6.61 Å². The van der Waals surface area contributed by atoms with Crippen molar-refractivity contribution < 1.29 is 29.0 Å². The fourth-order valence-corrected chi connectivity index (χ4v) is 1.96. The Morgan fingerprint density at radius 1 is 1.36 bits per heavy atom. The van der Waals surface area contributed by atoms with Gasteiger partial charge < -0.3 is 19.9 Å². The second-order valence-corrected chi connectivity index (χ2v) is 4.82. The first kappa shape index (κ1) is 17.8. The number of aliphatic carboxylic acids is 1. The van der Waals surface area contributed by atoms with Crippen LogP contribution in [0, 0.1) is 0 Å². The summed E-state index contributed by atoms with van der Waals surface area (Å²) < 4.78 is 9.51. The smallest absolute Gasteiger partial charge is 0.326 e. The summed E-state index contributed by atoms with van der Waals surface area (Å²) in [5.74, 6) is -2.05. The molecule has 2 N–H and O–H groups in total. The fourth-order valence-electron chi connectivity index (χ4n) is 1.68. The number of halogens is 1. The molecule has 0 aromatic heterocycles. The van der Waals surface area contributed by atoms with Crippen molar-refractivity contribution in [3.05, 3.63) is 28.8 Å². The third-order valence-corrected chi connectivity index (χ3v) is 2.99.